The van der Waals surface area contributed by atoms with E-state index in [0.717, 1.165) is 39.3 Å². The van der Waals surface area contributed by atoms with Crippen molar-refractivity contribution >= 4 is 10.9 Å². The summed E-state index contributed by atoms with van der Waals surface area (Å²) >= 11 is 0. The Kier molecular flexibility index (Phi) is 5.65. The maximum atomic E-state index is 2.65. The van der Waals surface area contributed by atoms with Crippen LogP contribution in [-0.2, 0) is 6.54 Å². The van der Waals surface area contributed by atoms with E-state index in [9.17, 15) is 0 Å². The Morgan fingerprint density at radius 2 is 1.20 bits per heavy atom. The molecule has 0 atom stereocenters. The first-order valence-corrected chi connectivity index (χ1v) is 11.0. The van der Waals surface area contributed by atoms with Crippen molar-refractivity contribution in [3.8, 4) is 0 Å². The molecule has 1 aliphatic heterocycles. The normalized spacial score (nSPS) is 15.8. The van der Waals surface area contributed by atoms with Crippen LogP contribution in [0.2, 0.25) is 0 Å². The summed E-state index contributed by atoms with van der Waals surface area (Å²) in [6, 6.07) is 33.1. The number of piperazine rings is 1. The quantitative estimate of drug-likeness (QED) is 0.453. The van der Waals surface area contributed by atoms with Crippen molar-refractivity contribution in [3.05, 3.63) is 108 Å². The minimum atomic E-state index is 0.336. The molecule has 0 spiro atoms. The van der Waals surface area contributed by atoms with Crippen LogP contribution in [0.1, 0.15) is 17.2 Å². The molecular formula is C27H29N3. The van der Waals surface area contributed by atoms with E-state index in [0.29, 0.717) is 6.04 Å². The second kappa shape index (κ2) is 8.86. The monoisotopic (exact) mass is 395 g/mol. The first kappa shape index (κ1) is 19.1. The van der Waals surface area contributed by atoms with Gasteiger partial charge in [0.2, 0.25) is 0 Å². The van der Waals surface area contributed by atoms with Gasteiger partial charge in [-0.15, -0.1) is 0 Å². The molecule has 1 saturated heterocycles. The van der Waals surface area contributed by atoms with Gasteiger partial charge in [0.15, 0.2) is 0 Å². The lowest BCUT2D eigenvalue weighted by Crippen LogP contribution is -2.48. The van der Waals surface area contributed by atoms with Gasteiger partial charge in [0, 0.05) is 51.0 Å². The third-order valence-corrected chi connectivity index (χ3v) is 6.34. The van der Waals surface area contributed by atoms with Crippen molar-refractivity contribution in [1.29, 1.82) is 0 Å². The fourth-order valence-corrected chi connectivity index (χ4v) is 4.71. The Hall–Kier alpha value is -2.88. The van der Waals surface area contributed by atoms with Gasteiger partial charge in [-0.1, -0.05) is 78.9 Å². The number of rotatable bonds is 6. The molecular weight excluding hydrogens is 366 g/mol. The lowest BCUT2D eigenvalue weighted by molar-refractivity contribution is 0.107. The van der Waals surface area contributed by atoms with Crippen LogP contribution in [0.25, 0.3) is 10.9 Å². The first-order chi connectivity index (χ1) is 14.9. The minimum Gasteiger partial charge on any atom is -0.346 e. The minimum absolute atomic E-state index is 0.336. The number of para-hydroxylation sites is 1. The van der Waals surface area contributed by atoms with Crippen LogP contribution in [0.15, 0.2) is 97.2 Å². The summed E-state index contributed by atoms with van der Waals surface area (Å²) in [5.74, 6) is 0. The van der Waals surface area contributed by atoms with E-state index in [4.69, 9.17) is 0 Å². The fourth-order valence-electron chi connectivity index (χ4n) is 4.71. The van der Waals surface area contributed by atoms with E-state index < -0.39 is 0 Å². The third-order valence-electron chi connectivity index (χ3n) is 6.34. The van der Waals surface area contributed by atoms with Crippen LogP contribution < -0.4 is 0 Å². The van der Waals surface area contributed by atoms with Crippen LogP contribution in [0.3, 0.4) is 0 Å². The summed E-state index contributed by atoms with van der Waals surface area (Å²) < 4.78 is 2.39. The third kappa shape index (κ3) is 4.04. The number of hydrogen-bond acceptors (Lipinski definition) is 2. The first-order valence-electron chi connectivity index (χ1n) is 11.0. The molecule has 2 heterocycles. The van der Waals surface area contributed by atoms with Gasteiger partial charge < -0.3 is 4.57 Å². The van der Waals surface area contributed by atoms with Crippen molar-refractivity contribution in [2.75, 3.05) is 32.7 Å². The molecule has 0 saturated carbocycles. The van der Waals surface area contributed by atoms with Crippen LogP contribution in [0.4, 0.5) is 0 Å². The summed E-state index contributed by atoms with van der Waals surface area (Å²) in [5.41, 5.74) is 4.11. The highest BCUT2D eigenvalue weighted by molar-refractivity contribution is 5.79. The number of aromatic nitrogens is 1. The highest BCUT2D eigenvalue weighted by atomic mass is 15.3. The van der Waals surface area contributed by atoms with Crippen molar-refractivity contribution in [3.63, 3.8) is 0 Å². The molecule has 0 radical (unpaired) electrons. The SMILES string of the molecule is c1ccc(C(c2ccccc2)N2CCN(CCn3ccc4ccccc43)CC2)cc1. The zero-order valence-corrected chi connectivity index (χ0v) is 17.4. The van der Waals surface area contributed by atoms with E-state index in [-0.39, 0.29) is 0 Å². The van der Waals surface area contributed by atoms with Crippen molar-refractivity contribution < 1.29 is 0 Å². The molecule has 5 rings (SSSR count). The maximum absolute atomic E-state index is 2.65. The topological polar surface area (TPSA) is 11.4 Å². The molecule has 4 aromatic rings. The van der Waals surface area contributed by atoms with Crippen molar-refractivity contribution in [2.24, 2.45) is 0 Å². The van der Waals surface area contributed by atoms with E-state index in [2.05, 4.69) is 112 Å². The van der Waals surface area contributed by atoms with Gasteiger partial charge in [-0.25, -0.2) is 0 Å². The molecule has 0 N–H and O–H groups in total. The number of hydrogen-bond donors (Lipinski definition) is 0. The highest BCUT2D eigenvalue weighted by Gasteiger charge is 2.26. The molecule has 30 heavy (non-hydrogen) atoms. The molecule has 1 fully saturated rings. The Balaban J connectivity index is 1.25. The lowest BCUT2D eigenvalue weighted by Gasteiger charge is -2.40. The van der Waals surface area contributed by atoms with Gasteiger partial charge in [0.1, 0.15) is 0 Å². The maximum Gasteiger partial charge on any atom is 0.0602 e. The second-order valence-corrected chi connectivity index (χ2v) is 8.17. The van der Waals surface area contributed by atoms with Crippen molar-refractivity contribution in [1.82, 2.24) is 14.4 Å². The Morgan fingerprint density at radius 1 is 0.600 bits per heavy atom. The van der Waals surface area contributed by atoms with Gasteiger partial charge >= 0.3 is 0 Å². The number of benzene rings is 3. The van der Waals surface area contributed by atoms with Crippen LogP contribution >= 0.6 is 0 Å². The summed E-state index contributed by atoms with van der Waals surface area (Å²) in [7, 11) is 0. The van der Waals surface area contributed by atoms with Crippen LogP contribution in [-0.4, -0.2) is 47.1 Å². The summed E-state index contributed by atoms with van der Waals surface area (Å²) in [6.45, 7) is 6.59. The van der Waals surface area contributed by atoms with Gasteiger partial charge in [0.25, 0.3) is 0 Å². The van der Waals surface area contributed by atoms with E-state index >= 15 is 0 Å². The zero-order chi connectivity index (χ0) is 20.2. The smallest absolute Gasteiger partial charge is 0.0602 e. The number of nitrogens with zero attached hydrogens (tertiary/aromatic N) is 3. The van der Waals surface area contributed by atoms with Gasteiger partial charge in [-0.05, 0) is 28.6 Å². The molecule has 3 nitrogen and oxygen atoms in total. The molecule has 1 aliphatic rings. The summed E-state index contributed by atoms with van der Waals surface area (Å²) in [6.07, 6.45) is 2.22. The fraction of sp³-hybridized carbons (Fsp3) is 0.259. The second-order valence-electron chi connectivity index (χ2n) is 8.17. The van der Waals surface area contributed by atoms with Gasteiger partial charge in [0.05, 0.1) is 6.04 Å². The van der Waals surface area contributed by atoms with E-state index in [1.807, 2.05) is 0 Å². The average molecular weight is 396 g/mol. The standard InChI is InChI=1S/C27H29N3/c1-3-10-24(11-4-1)27(25-12-5-2-6-13-25)30-21-18-28(19-22-30)17-20-29-16-15-23-9-7-8-14-26(23)29/h1-16,27H,17-22H2. The Morgan fingerprint density at radius 3 is 1.87 bits per heavy atom. The highest BCUT2D eigenvalue weighted by Crippen LogP contribution is 2.29. The molecule has 1 aromatic heterocycles. The molecule has 0 amide bonds. The van der Waals surface area contributed by atoms with Gasteiger partial charge in [-0.3, -0.25) is 9.80 Å². The van der Waals surface area contributed by atoms with Crippen LogP contribution in [0, 0.1) is 0 Å². The van der Waals surface area contributed by atoms with Crippen LogP contribution in [0.5, 0.6) is 0 Å². The predicted molar refractivity (Wildman–Crippen MR) is 125 cm³/mol. The predicted octanol–water partition coefficient (Wildman–Crippen LogP) is 5.05. The molecule has 152 valence electrons. The summed E-state index contributed by atoms with van der Waals surface area (Å²) in [5, 5.41) is 1.33. The zero-order valence-electron chi connectivity index (χ0n) is 17.4. The molecule has 0 aliphatic carbocycles. The van der Waals surface area contributed by atoms with E-state index in [1.54, 1.807) is 0 Å². The Bertz CT molecular complexity index is 1020. The molecule has 0 unspecified atom stereocenters. The molecule has 3 heteroatoms. The van der Waals surface area contributed by atoms with E-state index in [1.165, 1.54) is 22.0 Å². The van der Waals surface area contributed by atoms with Gasteiger partial charge in [-0.2, -0.15) is 0 Å². The average Bonchev–Trinajstić information content (AvgIpc) is 3.23. The summed E-state index contributed by atoms with van der Waals surface area (Å²) in [4.78, 5) is 5.25. The lowest BCUT2D eigenvalue weighted by atomic mass is 9.96. The number of fused-ring (bicyclic) bond motifs is 1. The molecule has 3 aromatic carbocycles. The van der Waals surface area contributed by atoms with Crippen molar-refractivity contribution in [2.45, 2.75) is 12.6 Å². The Labute approximate surface area is 179 Å². The largest absolute Gasteiger partial charge is 0.346 e. The molecule has 0 bridgehead atoms.